The van der Waals surface area contributed by atoms with E-state index in [1.807, 2.05) is 44.3 Å². The van der Waals surface area contributed by atoms with Crippen molar-refractivity contribution in [3.8, 4) is 5.75 Å². The highest BCUT2D eigenvalue weighted by atomic mass is 16.5. The molecule has 4 heteroatoms. The molecular weight excluding hydrogens is 264 g/mol. The topological polar surface area (TPSA) is 54.4 Å². The Hall–Kier alpha value is -1.91. The molecule has 2 aromatic rings. The van der Waals surface area contributed by atoms with Gasteiger partial charge in [0.2, 0.25) is 0 Å². The van der Waals surface area contributed by atoms with Crippen molar-refractivity contribution in [2.75, 3.05) is 13.2 Å². The molecule has 0 aliphatic carbocycles. The zero-order valence-electron chi connectivity index (χ0n) is 12.5. The molecule has 1 aromatic carbocycles. The zero-order chi connectivity index (χ0) is 15.1. The van der Waals surface area contributed by atoms with Crippen LogP contribution in [0.5, 0.6) is 5.75 Å². The van der Waals surface area contributed by atoms with E-state index in [-0.39, 0.29) is 6.61 Å². The van der Waals surface area contributed by atoms with Crippen LogP contribution in [0.15, 0.2) is 42.7 Å². The molecule has 0 saturated carbocycles. The minimum atomic E-state index is -0.539. The van der Waals surface area contributed by atoms with Crippen LogP contribution < -0.4 is 10.1 Å². The van der Waals surface area contributed by atoms with Gasteiger partial charge < -0.3 is 15.2 Å². The number of hydrogen-bond acceptors (Lipinski definition) is 4. The molecule has 1 unspecified atom stereocenters. The molecule has 0 radical (unpaired) electrons. The van der Waals surface area contributed by atoms with Gasteiger partial charge in [0, 0.05) is 25.5 Å². The summed E-state index contributed by atoms with van der Waals surface area (Å²) in [6, 6.07) is 9.94. The summed E-state index contributed by atoms with van der Waals surface area (Å²) < 4.78 is 5.63. The lowest BCUT2D eigenvalue weighted by Gasteiger charge is -2.14. The van der Waals surface area contributed by atoms with Gasteiger partial charge in [0.05, 0.1) is 0 Å². The van der Waals surface area contributed by atoms with Crippen LogP contribution >= 0.6 is 0 Å². The number of aromatic nitrogens is 1. The second kappa shape index (κ2) is 7.76. The van der Waals surface area contributed by atoms with E-state index in [4.69, 9.17) is 4.74 Å². The van der Waals surface area contributed by atoms with Crippen LogP contribution in [0.1, 0.15) is 16.7 Å². The van der Waals surface area contributed by atoms with Crippen LogP contribution in [0, 0.1) is 13.8 Å². The number of rotatable bonds is 7. The highest BCUT2D eigenvalue weighted by Gasteiger charge is 2.05. The number of hydrogen-bond donors (Lipinski definition) is 2. The number of aliphatic hydroxyl groups excluding tert-OH is 1. The molecule has 0 spiro atoms. The standard InChI is InChI=1S/C17H22N2O2/c1-13-6-14(2)8-17(7-13)21-12-16(20)11-19-10-15-4-3-5-18-9-15/h3-9,16,19-20H,10-12H2,1-2H3. The molecule has 0 bridgehead atoms. The zero-order valence-corrected chi connectivity index (χ0v) is 12.5. The average molecular weight is 286 g/mol. The molecule has 21 heavy (non-hydrogen) atoms. The molecule has 1 atom stereocenters. The van der Waals surface area contributed by atoms with Crippen molar-refractivity contribution in [3.63, 3.8) is 0 Å². The van der Waals surface area contributed by atoms with Gasteiger partial charge in [-0.05, 0) is 48.7 Å². The van der Waals surface area contributed by atoms with E-state index in [9.17, 15) is 5.11 Å². The molecule has 4 nitrogen and oxygen atoms in total. The number of benzene rings is 1. The van der Waals surface area contributed by atoms with Gasteiger partial charge in [-0.1, -0.05) is 12.1 Å². The van der Waals surface area contributed by atoms with Crippen molar-refractivity contribution in [2.24, 2.45) is 0 Å². The Morgan fingerprint density at radius 2 is 2.00 bits per heavy atom. The third-order valence-corrected chi connectivity index (χ3v) is 3.07. The maximum atomic E-state index is 9.92. The van der Waals surface area contributed by atoms with Crippen molar-refractivity contribution >= 4 is 0 Å². The summed E-state index contributed by atoms with van der Waals surface area (Å²) in [4.78, 5) is 4.05. The molecule has 0 fully saturated rings. The molecule has 2 N–H and O–H groups in total. The van der Waals surface area contributed by atoms with Crippen molar-refractivity contribution < 1.29 is 9.84 Å². The quantitative estimate of drug-likeness (QED) is 0.819. The molecule has 0 amide bonds. The Bertz CT molecular complexity index is 538. The van der Waals surface area contributed by atoms with E-state index in [1.54, 1.807) is 6.20 Å². The number of pyridine rings is 1. The molecule has 112 valence electrons. The van der Waals surface area contributed by atoms with Gasteiger partial charge in [0.25, 0.3) is 0 Å². The minimum absolute atomic E-state index is 0.281. The summed E-state index contributed by atoms with van der Waals surface area (Å²) in [5.41, 5.74) is 3.42. The lowest BCUT2D eigenvalue weighted by molar-refractivity contribution is 0.106. The summed E-state index contributed by atoms with van der Waals surface area (Å²) >= 11 is 0. The molecular formula is C17H22N2O2. The fourth-order valence-corrected chi connectivity index (χ4v) is 2.15. The maximum absolute atomic E-state index is 9.92. The van der Waals surface area contributed by atoms with Crippen LogP contribution in [0.3, 0.4) is 0 Å². The summed E-state index contributed by atoms with van der Waals surface area (Å²) in [5, 5.41) is 13.1. The summed E-state index contributed by atoms with van der Waals surface area (Å²) in [5.74, 6) is 0.804. The van der Waals surface area contributed by atoms with Crippen LogP contribution in [0.25, 0.3) is 0 Å². The van der Waals surface area contributed by atoms with E-state index in [1.165, 1.54) is 0 Å². The van der Waals surface area contributed by atoms with E-state index >= 15 is 0 Å². The number of nitrogens with zero attached hydrogens (tertiary/aromatic N) is 1. The first kappa shape index (κ1) is 15.5. The Kier molecular flexibility index (Phi) is 5.72. The van der Waals surface area contributed by atoms with Gasteiger partial charge in [-0.2, -0.15) is 0 Å². The third kappa shape index (κ3) is 5.53. The van der Waals surface area contributed by atoms with Crippen LogP contribution in [0.4, 0.5) is 0 Å². The maximum Gasteiger partial charge on any atom is 0.119 e. The number of ether oxygens (including phenoxy) is 1. The number of aryl methyl sites for hydroxylation is 2. The SMILES string of the molecule is Cc1cc(C)cc(OCC(O)CNCc2cccnc2)c1. The Balaban J connectivity index is 1.71. The molecule has 0 aliphatic rings. The smallest absolute Gasteiger partial charge is 0.119 e. The van der Waals surface area contributed by atoms with Crippen LogP contribution in [-0.4, -0.2) is 29.3 Å². The van der Waals surface area contributed by atoms with Crippen molar-refractivity contribution in [2.45, 2.75) is 26.5 Å². The summed E-state index contributed by atoms with van der Waals surface area (Å²) in [6.45, 7) is 5.52. The average Bonchev–Trinajstić information content (AvgIpc) is 2.45. The lowest BCUT2D eigenvalue weighted by atomic mass is 10.1. The molecule has 2 rings (SSSR count). The van der Waals surface area contributed by atoms with Gasteiger partial charge in [0.1, 0.15) is 18.5 Å². The lowest BCUT2D eigenvalue weighted by Crippen LogP contribution is -2.31. The highest BCUT2D eigenvalue weighted by Crippen LogP contribution is 2.16. The molecule has 0 aliphatic heterocycles. The monoisotopic (exact) mass is 286 g/mol. The fraction of sp³-hybridized carbons (Fsp3) is 0.353. The third-order valence-electron chi connectivity index (χ3n) is 3.07. The molecule has 0 saturated heterocycles. The van der Waals surface area contributed by atoms with E-state index in [2.05, 4.69) is 16.4 Å². The number of nitrogens with one attached hydrogen (secondary N) is 1. The molecule has 1 heterocycles. The largest absolute Gasteiger partial charge is 0.491 e. The predicted molar refractivity (Wildman–Crippen MR) is 83.4 cm³/mol. The summed E-state index contributed by atoms with van der Waals surface area (Å²) in [6.07, 6.45) is 3.02. The predicted octanol–water partition coefficient (Wildman–Crippen LogP) is 2.23. The first-order valence-corrected chi connectivity index (χ1v) is 7.12. The van der Waals surface area contributed by atoms with Gasteiger partial charge >= 0.3 is 0 Å². The van der Waals surface area contributed by atoms with Crippen molar-refractivity contribution in [1.82, 2.24) is 10.3 Å². The van der Waals surface area contributed by atoms with Gasteiger partial charge in [-0.15, -0.1) is 0 Å². The van der Waals surface area contributed by atoms with Crippen LogP contribution in [0.2, 0.25) is 0 Å². The Morgan fingerprint density at radius 3 is 2.67 bits per heavy atom. The molecule has 1 aromatic heterocycles. The van der Waals surface area contributed by atoms with Gasteiger partial charge in [0.15, 0.2) is 0 Å². The van der Waals surface area contributed by atoms with Gasteiger partial charge in [-0.25, -0.2) is 0 Å². The van der Waals surface area contributed by atoms with E-state index in [0.717, 1.165) is 22.4 Å². The first-order valence-electron chi connectivity index (χ1n) is 7.12. The van der Waals surface area contributed by atoms with Gasteiger partial charge in [-0.3, -0.25) is 4.98 Å². The Morgan fingerprint density at radius 1 is 1.24 bits per heavy atom. The van der Waals surface area contributed by atoms with Crippen LogP contribution in [-0.2, 0) is 6.54 Å². The fourth-order valence-electron chi connectivity index (χ4n) is 2.15. The number of aliphatic hydroxyl groups is 1. The Labute approximate surface area is 125 Å². The van der Waals surface area contributed by atoms with Crippen molar-refractivity contribution in [1.29, 1.82) is 0 Å². The normalized spacial score (nSPS) is 12.1. The van der Waals surface area contributed by atoms with E-state index < -0.39 is 6.10 Å². The van der Waals surface area contributed by atoms with Crippen molar-refractivity contribution in [3.05, 3.63) is 59.4 Å². The first-order chi connectivity index (χ1) is 10.1. The minimum Gasteiger partial charge on any atom is -0.491 e. The second-order valence-corrected chi connectivity index (χ2v) is 5.28. The van der Waals surface area contributed by atoms with E-state index in [0.29, 0.717) is 13.1 Å². The summed E-state index contributed by atoms with van der Waals surface area (Å²) in [7, 11) is 0. The highest BCUT2D eigenvalue weighted by molar-refractivity contribution is 5.32. The second-order valence-electron chi connectivity index (χ2n) is 5.28.